The van der Waals surface area contributed by atoms with Crippen molar-refractivity contribution in [3.05, 3.63) is 96.4 Å². The van der Waals surface area contributed by atoms with Gasteiger partial charge in [-0.2, -0.15) is 0 Å². The Hall–Kier alpha value is -3.32. The van der Waals surface area contributed by atoms with Gasteiger partial charge in [-0.3, -0.25) is 14.3 Å². The van der Waals surface area contributed by atoms with Crippen LogP contribution >= 0.6 is 11.3 Å². The van der Waals surface area contributed by atoms with Crippen LogP contribution < -0.4 is 14.9 Å². The predicted octanol–water partition coefficient (Wildman–Crippen LogP) is 3.32. The van der Waals surface area contributed by atoms with Gasteiger partial charge in [0.2, 0.25) is 0 Å². The SMILES string of the molecule is CCOC(=O)C1=C(C)N=c2s/c(=C\c3cccnc3)c(=O)n2[C@@H]1c1ccc(C(C)C)cc1. The molecule has 0 spiro atoms. The summed E-state index contributed by atoms with van der Waals surface area (Å²) in [5.74, 6) is -0.0689. The molecule has 0 aliphatic carbocycles. The second-order valence-electron chi connectivity index (χ2n) is 7.91. The van der Waals surface area contributed by atoms with Gasteiger partial charge in [0.05, 0.1) is 28.5 Å². The van der Waals surface area contributed by atoms with Crippen LogP contribution in [0.1, 0.15) is 56.3 Å². The molecule has 0 N–H and O–H groups in total. The molecule has 1 aliphatic heterocycles. The van der Waals surface area contributed by atoms with E-state index >= 15 is 0 Å². The first-order valence-electron chi connectivity index (χ1n) is 10.6. The second kappa shape index (κ2) is 9.04. The molecule has 2 aromatic heterocycles. The first-order chi connectivity index (χ1) is 15.4. The molecule has 1 atom stereocenters. The zero-order valence-corrected chi connectivity index (χ0v) is 19.3. The van der Waals surface area contributed by atoms with Gasteiger partial charge in [-0.05, 0) is 48.6 Å². The zero-order valence-electron chi connectivity index (χ0n) is 18.5. The highest BCUT2D eigenvalue weighted by molar-refractivity contribution is 7.07. The first kappa shape index (κ1) is 21.9. The molecule has 32 heavy (non-hydrogen) atoms. The average Bonchev–Trinajstić information content (AvgIpc) is 3.08. The Kier molecular flexibility index (Phi) is 6.19. The lowest BCUT2D eigenvalue weighted by Crippen LogP contribution is -2.39. The maximum absolute atomic E-state index is 13.5. The van der Waals surface area contributed by atoms with Gasteiger partial charge in [-0.25, -0.2) is 9.79 Å². The molecule has 0 unspecified atom stereocenters. The molecule has 1 aromatic carbocycles. The molecule has 0 amide bonds. The number of esters is 1. The van der Waals surface area contributed by atoms with Crippen molar-refractivity contribution >= 4 is 23.4 Å². The van der Waals surface area contributed by atoms with E-state index in [1.807, 2.05) is 36.4 Å². The Labute approximate surface area is 190 Å². The standard InChI is InChI=1S/C25H25N3O3S/c1-5-31-24(30)21-16(4)27-25-28(22(21)19-10-8-18(9-11-19)15(2)3)23(29)20(32-25)13-17-7-6-12-26-14-17/h6-15,22H,5H2,1-4H3/b20-13-/t22-/m1/s1. The lowest BCUT2D eigenvalue weighted by molar-refractivity contribution is -0.139. The monoisotopic (exact) mass is 447 g/mol. The van der Waals surface area contributed by atoms with Crippen LogP contribution in [0.15, 0.2) is 69.8 Å². The molecule has 0 saturated heterocycles. The van der Waals surface area contributed by atoms with Gasteiger partial charge in [-0.1, -0.05) is 55.5 Å². The van der Waals surface area contributed by atoms with Gasteiger partial charge < -0.3 is 4.74 Å². The molecule has 3 aromatic rings. The van der Waals surface area contributed by atoms with Crippen molar-refractivity contribution in [1.82, 2.24) is 9.55 Å². The number of ether oxygens (including phenoxy) is 1. The molecular weight excluding hydrogens is 422 g/mol. The van der Waals surface area contributed by atoms with Crippen LogP contribution in [0.5, 0.6) is 0 Å². The second-order valence-corrected chi connectivity index (χ2v) is 8.92. The Morgan fingerprint density at radius 3 is 2.62 bits per heavy atom. The number of pyridine rings is 1. The highest BCUT2D eigenvalue weighted by Crippen LogP contribution is 2.31. The molecule has 4 rings (SSSR count). The Morgan fingerprint density at radius 1 is 1.25 bits per heavy atom. The zero-order chi connectivity index (χ0) is 22.8. The number of fused-ring (bicyclic) bond motifs is 1. The van der Waals surface area contributed by atoms with Crippen LogP contribution in [0.2, 0.25) is 0 Å². The number of aromatic nitrogens is 2. The summed E-state index contributed by atoms with van der Waals surface area (Å²) in [5, 5.41) is 0. The van der Waals surface area contributed by atoms with Crippen LogP contribution in [0.4, 0.5) is 0 Å². The van der Waals surface area contributed by atoms with E-state index in [0.29, 0.717) is 26.5 Å². The normalized spacial score (nSPS) is 16.2. The molecule has 6 nitrogen and oxygen atoms in total. The number of allylic oxidation sites excluding steroid dienone is 1. The van der Waals surface area contributed by atoms with E-state index in [2.05, 4.69) is 23.8 Å². The fourth-order valence-corrected chi connectivity index (χ4v) is 4.83. The summed E-state index contributed by atoms with van der Waals surface area (Å²) in [5.41, 5.74) is 3.64. The molecule has 3 heterocycles. The van der Waals surface area contributed by atoms with Crippen molar-refractivity contribution in [1.29, 1.82) is 0 Å². The van der Waals surface area contributed by atoms with Crippen molar-refractivity contribution < 1.29 is 9.53 Å². The quantitative estimate of drug-likeness (QED) is 0.563. The molecule has 1 aliphatic rings. The van der Waals surface area contributed by atoms with Crippen LogP contribution in [-0.2, 0) is 9.53 Å². The van der Waals surface area contributed by atoms with Crippen LogP contribution in [0.3, 0.4) is 0 Å². The predicted molar refractivity (Wildman–Crippen MR) is 125 cm³/mol. The summed E-state index contributed by atoms with van der Waals surface area (Å²) >= 11 is 1.31. The van der Waals surface area contributed by atoms with Crippen molar-refractivity contribution in [3.8, 4) is 0 Å². The van der Waals surface area contributed by atoms with E-state index in [0.717, 1.165) is 11.1 Å². The number of hydrogen-bond donors (Lipinski definition) is 0. The minimum Gasteiger partial charge on any atom is -0.463 e. The fourth-order valence-electron chi connectivity index (χ4n) is 3.78. The van der Waals surface area contributed by atoms with Crippen molar-refractivity contribution in [2.45, 2.75) is 39.7 Å². The fraction of sp³-hybridized carbons (Fsp3) is 0.280. The molecule has 7 heteroatoms. The summed E-state index contributed by atoms with van der Waals surface area (Å²) in [6.45, 7) is 8.07. The number of rotatable bonds is 5. The van der Waals surface area contributed by atoms with Crippen LogP contribution in [-0.4, -0.2) is 22.1 Å². The van der Waals surface area contributed by atoms with E-state index < -0.39 is 12.0 Å². The smallest absolute Gasteiger partial charge is 0.338 e. The van der Waals surface area contributed by atoms with E-state index in [1.165, 1.54) is 16.9 Å². The summed E-state index contributed by atoms with van der Waals surface area (Å²) in [6, 6.07) is 11.2. The number of hydrogen-bond acceptors (Lipinski definition) is 6. The Morgan fingerprint density at radius 2 is 2.00 bits per heavy atom. The van der Waals surface area contributed by atoms with E-state index in [1.54, 1.807) is 36.9 Å². The number of carbonyl (C=O) groups excluding carboxylic acids is 1. The Balaban J connectivity index is 1.94. The molecule has 164 valence electrons. The van der Waals surface area contributed by atoms with Crippen molar-refractivity contribution in [3.63, 3.8) is 0 Å². The van der Waals surface area contributed by atoms with Gasteiger partial charge in [0.25, 0.3) is 5.56 Å². The highest BCUT2D eigenvalue weighted by Gasteiger charge is 2.33. The molecule has 0 fully saturated rings. The van der Waals surface area contributed by atoms with E-state index in [-0.39, 0.29) is 12.2 Å². The lowest BCUT2D eigenvalue weighted by atomic mass is 9.93. The maximum Gasteiger partial charge on any atom is 0.338 e. The molecule has 0 bridgehead atoms. The third-order valence-electron chi connectivity index (χ3n) is 5.42. The Bertz CT molecular complexity index is 1350. The molecular formula is C25H25N3O3S. The topological polar surface area (TPSA) is 73.6 Å². The van der Waals surface area contributed by atoms with Gasteiger partial charge in [0.1, 0.15) is 0 Å². The third kappa shape index (κ3) is 4.08. The summed E-state index contributed by atoms with van der Waals surface area (Å²) in [6.07, 6.45) is 5.20. The van der Waals surface area contributed by atoms with Crippen molar-refractivity contribution in [2.24, 2.45) is 4.99 Å². The minimum absolute atomic E-state index is 0.190. The van der Waals surface area contributed by atoms with E-state index in [9.17, 15) is 9.59 Å². The molecule has 0 radical (unpaired) electrons. The minimum atomic E-state index is -0.595. The van der Waals surface area contributed by atoms with Gasteiger partial charge in [-0.15, -0.1) is 0 Å². The largest absolute Gasteiger partial charge is 0.463 e. The number of carbonyl (C=O) groups is 1. The number of thiazole rings is 1. The van der Waals surface area contributed by atoms with Crippen molar-refractivity contribution in [2.75, 3.05) is 6.61 Å². The van der Waals surface area contributed by atoms with Gasteiger partial charge in [0.15, 0.2) is 4.80 Å². The lowest BCUT2D eigenvalue weighted by Gasteiger charge is -2.25. The third-order valence-corrected chi connectivity index (χ3v) is 6.40. The summed E-state index contributed by atoms with van der Waals surface area (Å²) < 4.78 is 7.49. The highest BCUT2D eigenvalue weighted by atomic mass is 32.1. The summed E-state index contributed by atoms with van der Waals surface area (Å²) in [7, 11) is 0. The summed E-state index contributed by atoms with van der Waals surface area (Å²) in [4.78, 5) is 35.7. The van der Waals surface area contributed by atoms with Gasteiger partial charge >= 0.3 is 5.97 Å². The number of nitrogens with zero attached hydrogens (tertiary/aromatic N) is 3. The van der Waals surface area contributed by atoms with Crippen LogP contribution in [0, 0.1) is 0 Å². The molecule has 0 saturated carbocycles. The van der Waals surface area contributed by atoms with Crippen LogP contribution in [0.25, 0.3) is 6.08 Å². The van der Waals surface area contributed by atoms with E-state index in [4.69, 9.17) is 4.74 Å². The maximum atomic E-state index is 13.5. The van der Waals surface area contributed by atoms with Gasteiger partial charge in [0, 0.05) is 12.4 Å². The number of benzene rings is 1. The average molecular weight is 448 g/mol. The first-order valence-corrected chi connectivity index (χ1v) is 11.4.